The third-order valence-electron chi connectivity index (χ3n) is 9.18. The van der Waals surface area contributed by atoms with Gasteiger partial charge in [0.1, 0.15) is 12.0 Å². The summed E-state index contributed by atoms with van der Waals surface area (Å²) in [4.78, 5) is 24.8. The van der Waals surface area contributed by atoms with E-state index in [2.05, 4.69) is 98.3 Å². The second-order valence-electron chi connectivity index (χ2n) is 11.7. The second-order valence-corrected chi connectivity index (χ2v) is 11.7. The van der Waals surface area contributed by atoms with Gasteiger partial charge in [-0.3, -0.25) is 9.80 Å². The van der Waals surface area contributed by atoms with Crippen molar-refractivity contribution in [2.75, 3.05) is 82.9 Å². The molecule has 0 unspecified atom stereocenters. The van der Waals surface area contributed by atoms with Crippen LogP contribution in [-0.2, 0) is 24.3 Å². The predicted molar refractivity (Wildman–Crippen MR) is 166 cm³/mol. The van der Waals surface area contributed by atoms with Crippen molar-refractivity contribution in [2.24, 2.45) is 0 Å². The molecule has 3 aliphatic heterocycles. The number of ether oxygens (including phenoxy) is 1. The zero-order valence-electron chi connectivity index (χ0n) is 24.5. The summed E-state index contributed by atoms with van der Waals surface area (Å²) >= 11 is 0. The molecule has 0 N–H and O–H groups in total. The van der Waals surface area contributed by atoms with Gasteiger partial charge in [0, 0.05) is 88.9 Å². The maximum Gasteiger partial charge on any atom is 0.141 e. The lowest BCUT2D eigenvalue weighted by Gasteiger charge is -2.39. The third-order valence-corrected chi connectivity index (χ3v) is 9.18. The number of fused-ring (bicyclic) bond motifs is 1. The van der Waals surface area contributed by atoms with Crippen LogP contribution in [0.5, 0.6) is 5.75 Å². The van der Waals surface area contributed by atoms with Crippen molar-refractivity contribution < 1.29 is 9.53 Å². The molecule has 7 nitrogen and oxygen atoms in total. The van der Waals surface area contributed by atoms with E-state index in [4.69, 9.17) is 4.74 Å². The Balaban J connectivity index is 1.13. The van der Waals surface area contributed by atoms with Gasteiger partial charge in [-0.05, 0) is 54.4 Å². The van der Waals surface area contributed by atoms with Gasteiger partial charge < -0.3 is 24.2 Å². The predicted octanol–water partition coefficient (Wildman–Crippen LogP) is 4.07. The number of benzene rings is 3. The quantitative estimate of drug-likeness (QED) is 0.390. The lowest BCUT2D eigenvalue weighted by Crippen LogP contribution is -2.46. The van der Waals surface area contributed by atoms with E-state index < -0.39 is 0 Å². The van der Waals surface area contributed by atoms with E-state index >= 15 is 0 Å². The Bertz CT molecular complexity index is 1300. The van der Waals surface area contributed by atoms with Crippen LogP contribution >= 0.6 is 0 Å². The van der Waals surface area contributed by atoms with Crippen LogP contribution in [0.4, 0.5) is 11.4 Å². The maximum absolute atomic E-state index is 12.5. The van der Waals surface area contributed by atoms with E-state index in [0.29, 0.717) is 0 Å². The molecule has 3 heterocycles. The number of carbonyl (C=O) groups excluding carboxylic acids is 1. The molecule has 7 heteroatoms. The molecule has 6 rings (SSSR count). The van der Waals surface area contributed by atoms with Gasteiger partial charge in [-0.1, -0.05) is 42.5 Å². The zero-order valence-corrected chi connectivity index (χ0v) is 24.5. The number of aldehydes is 1. The Hall–Kier alpha value is -3.39. The molecule has 1 atom stereocenters. The molecule has 0 spiro atoms. The molecule has 0 saturated carbocycles. The van der Waals surface area contributed by atoms with E-state index in [0.717, 1.165) is 96.0 Å². The van der Waals surface area contributed by atoms with Gasteiger partial charge in [0.15, 0.2) is 0 Å². The van der Waals surface area contributed by atoms with Crippen molar-refractivity contribution in [1.29, 1.82) is 0 Å². The first-order valence-corrected chi connectivity index (χ1v) is 15.1. The van der Waals surface area contributed by atoms with E-state index in [1.54, 1.807) is 7.11 Å². The highest BCUT2D eigenvalue weighted by Crippen LogP contribution is 2.38. The summed E-state index contributed by atoms with van der Waals surface area (Å²) in [7, 11) is 3.95. The van der Waals surface area contributed by atoms with Gasteiger partial charge >= 0.3 is 0 Å². The largest absolute Gasteiger partial charge is 0.496 e. The number of carbonyl (C=O) groups is 1. The number of likely N-dealkylation sites (N-methyl/N-ethyl adjacent to an activating group) is 1. The summed E-state index contributed by atoms with van der Waals surface area (Å²) in [5.74, 6) is 0.966. The fraction of sp³-hybridized carbons (Fsp3) is 0.441. The van der Waals surface area contributed by atoms with Crippen molar-refractivity contribution in [3.8, 4) is 5.75 Å². The van der Waals surface area contributed by atoms with Crippen LogP contribution in [-0.4, -0.2) is 94.0 Å². The van der Waals surface area contributed by atoms with E-state index in [9.17, 15) is 4.79 Å². The molecule has 41 heavy (non-hydrogen) atoms. The minimum absolute atomic E-state index is 0.258. The van der Waals surface area contributed by atoms with Gasteiger partial charge in [-0.25, -0.2) is 0 Å². The number of rotatable bonds is 8. The minimum atomic E-state index is -0.258. The lowest BCUT2D eigenvalue weighted by atomic mass is 9.93. The molecule has 216 valence electrons. The Kier molecular flexibility index (Phi) is 8.56. The van der Waals surface area contributed by atoms with Gasteiger partial charge in [-0.2, -0.15) is 0 Å². The van der Waals surface area contributed by atoms with Gasteiger partial charge in [0.2, 0.25) is 0 Å². The molecule has 0 amide bonds. The molecule has 3 aromatic carbocycles. The second kappa shape index (κ2) is 12.6. The Morgan fingerprint density at radius 2 is 1.49 bits per heavy atom. The summed E-state index contributed by atoms with van der Waals surface area (Å²) in [5.41, 5.74) is 7.59. The van der Waals surface area contributed by atoms with Crippen molar-refractivity contribution in [2.45, 2.75) is 25.6 Å². The van der Waals surface area contributed by atoms with Gasteiger partial charge in [-0.15, -0.1) is 0 Å². The van der Waals surface area contributed by atoms with Crippen molar-refractivity contribution in [3.05, 3.63) is 89.0 Å². The highest BCUT2D eigenvalue weighted by atomic mass is 16.5. The van der Waals surface area contributed by atoms with E-state index in [1.165, 1.54) is 28.1 Å². The summed E-state index contributed by atoms with van der Waals surface area (Å²) in [6.45, 7) is 10.9. The normalized spacial score (nSPS) is 19.6. The molecule has 3 aromatic rings. The van der Waals surface area contributed by atoms with E-state index in [1.807, 2.05) is 0 Å². The Morgan fingerprint density at radius 3 is 2.17 bits per heavy atom. The third kappa shape index (κ3) is 6.13. The SMILES string of the molecule is COc1ccc(N2CCN(C)CC2)c2c1CCN([C@H](C=O)c1ccc(N3CCN(Cc4ccccc4)CC3)cc1)C2. The number of anilines is 2. The summed E-state index contributed by atoms with van der Waals surface area (Å²) < 4.78 is 5.76. The van der Waals surface area contributed by atoms with Crippen LogP contribution in [0.3, 0.4) is 0 Å². The van der Waals surface area contributed by atoms with Gasteiger partial charge in [0.05, 0.1) is 13.2 Å². The topological polar surface area (TPSA) is 42.5 Å². The first-order chi connectivity index (χ1) is 20.1. The first-order valence-electron chi connectivity index (χ1n) is 15.1. The molecule has 0 bridgehead atoms. The number of nitrogens with zero attached hydrogens (tertiary/aromatic N) is 5. The molecular weight excluding hydrogens is 510 g/mol. The van der Waals surface area contributed by atoms with Crippen LogP contribution in [0.2, 0.25) is 0 Å². The number of piperazine rings is 2. The maximum atomic E-state index is 12.5. The standard InChI is InChI=1S/C34H43N5O2/c1-35-16-20-38(21-17-35)32-12-13-34(41-2)30-14-15-39(25-31(30)32)33(26-40)28-8-10-29(11-9-28)37-22-18-36(19-23-37)24-27-6-4-3-5-7-27/h3-13,26,33H,14-25H2,1-2H3/t33-/m1/s1. The average Bonchev–Trinajstić information content (AvgIpc) is 3.02. The molecule has 0 aromatic heterocycles. The Labute approximate surface area is 244 Å². The minimum Gasteiger partial charge on any atom is -0.496 e. The van der Waals surface area contributed by atoms with Crippen molar-refractivity contribution >= 4 is 17.7 Å². The number of hydrogen-bond acceptors (Lipinski definition) is 7. The molecule has 0 radical (unpaired) electrons. The number of hydrogen-bond donors (Lipinski definition) is 0. The molecule has 0 aliphatic carbocycles. The number of methoxy groups -OCH3 is 1. The highest BCUT2D eigenvalue weighted by Gasteiger charge is 2.30. The lowest BCUT2D eigenvalue weighted by molar-refractivity contribution is -0.113. The average molecular weight is 554 g/mol. The van der Waals surface area contributed by atoms with Crippen LogP contribution in [0.25, 0.3) is 0 Å². The molecule has 2 fully saturated rings. The molecule has 3 aliphatic rings. The van der Waals surface area contributed by atoms with Crippen molar-refractivity contribution in [1.82, 2.24) is 14.7 Å². The zero-order chi connectivity index (χ0) is 28.2. The highest BCUT2D eigenvalue weighted by molar-refractivity contribution is 5.65. The van der Waals surface area contributed by atoms with Crippen molar-refractivity contribution in [3.63, 3.8) is 0 Å². The molecule has 2 saturated heterocycles. The van der Waals surface area contributed by atoms with E-state index in [-0.39, 0.29) is 6.04 Å². The molecular formula is C34H43N5O2. The summed E-state index contributed by atoms with van der Waals surface area (Å²) in [6, 6.07) is 23.5. The Morgan fingerprint density at radius 1 is 0.780 bits per heavy atom. The smallest absolute Gasteiger partial charge is 0.141 e. The first kappa shape index (κ1) is 27.8. The summed E-state index contributed by atoms with van der Waals surface area (Å²) in [6.07, 6.45) is 2.01. The van der Waals surface area contributed by atoms with Crippen LogP contribution in [0, 0.1) is 0 Å². The summed E-state index contributed by atoms with van der Waals surface area (Å²) in [5, 5.41) is 0. The fourth-order valence-corrected chi connectivity index (χ4v) is 6.68. The monoisotopic (exact) mass is 553 g/mol. The van der Waals surface area contributed by atoms with Crippen LogP contribution in [0.1, 0.15) is 28.3 Å². The fourth-order valence-electron chi connectivity index (χ4n) is 6.68. The van der Waals surface area contributed by atoms with Gasteiger partial charge in [0.25, 0.3) is 0 Å². The van der Waals surface area contributed by atoms with Crippen LogP contribution in [0.15, 0.2) is 66.7 Å². The van der Waals surface area contributed by atoms with Crippen LogP contribution < -0.4 is 14.5 Å².